The average molecular weight is 604 g/mol. The maximum absolute atomic E-state index is 13.5. The number of carbonyl (C=O) groups excluding carboxylic acids is 2. The van der Waals surface area contributed by atoms with Gasteiger partial charge in [0.25, 0.3) is 5.91 Å². The zero-order valence-corrected chi connectivity index (χ0v) is 23.0. The predicted octanol–water partition coefficient (Wildman–Crippen LogP) is 5.41. The third kappa shape index (κ3) is 7.46. The zero-order chi connectivity index (χ0) is 29.9. The summed E-state index contributed by atoms with van der Waals surface area (Å²) >= 11 is 1.38. The molecule has 222 valence electrons. The molecular formula is C27H27F6N3O4S. The number of ether oxygens (including phenoxy) is 2. The minimum atomic E-state index is -5.00. The Morgan fingerprint density at radius 1 is 1.00 bits per heavy atom. The summed E-state index contributed by atoms with van der Waals surface area (Å²) in [5.74, 6) is 0.125. The first kappa shape index (κ1) is 30.5. The van der Waals surface area contributed by atoms with Gasteiger partial charge in [0.1, 0.15) is 6.61 Å². The third-order valence-corrected chi connectivity index (χ3v) is 8.06. The first-order valence-electron chi connectivity index (χ1n) is 12.6. The molecule has 0 saturated carbocycles. The van der Waals surface area contributed by atoms with Crippen LogP contribution < -0.4 is 9.47 Å². The lowest BCUT2D eigenvalue weighted by molar-refractivity contribution is -0.143. The minimum Gasteiger partial charge on any atom is -0.493 e. The largest absolute Gasteiger partial charge is 0.493 e. The number of benzene rings is 2. The SMILES string of the molecule is COc1cc(CCC2SC(N3CCN(C(C)=O)CC3)=NC2=O)ccc1OCc1ccc(C(F)(F)F)cc1C(F)(F)F. The van der Waals surface area contributed by atoms with Crippen molar-refractivity contribution in [3.63, 3.8) is 0 Å². The maximum atomic E-state index is 13.5. The summed E-state index contributed by atoms with van der Waals surface area (Å²) in [6, 6.07) is 6.23. The van der Waals surface area contributed by atoms with E-state index in [2.05, 4.69) is 4.99 Å². The summed E-state index contributed by atoms with van der Waals surface area (Å²) in [5.41, 5.74) is -2.49. The van der Waals surface area contributed by atoms with Gasteiger partial charge in [0.15, 0.2) is 16.7 Å². The lowest BCUT2D eigenvalue weighted by Gasteiger charge is -2.34. The molecule has 0 spiro atoms. The number of hydrogen-bond acceptors (Lipinski definition) is 6. The topological polar surface area (TPSA) is 71.4 Å². The number of piperazine rings is 1. The Morgan fingerprint density at radius 3 is 2.32 bits per heavy atom. The number of amidine groups is 1. The lowest BCUT2D eigenvalue weighted by Crippen LogP contribution is -2.49. The Labute approximate surface area is 236 Å². The standard InChI is InChI=1S/C27H27F6N3O4S/c1-16(37)35-9-11-36(12-10-35)25-34-24(38)23(41-25)8-4-17-3-7-21(22(13-17)39-2)40-15-18-5-6-19(26(28,29)30)14-20(18)27(31,32)33/h3,5-7,13-14,23H,4,8-12,15H2,1-2H3. The van der Waals surface area contributed by atoms with Crippen LogP contribution in [-0.2, 0) is 35.0 Å². The molecule has 41 heavy (non-hydrogen) atoms. The van der Waals surface area contributed by atoms with Gasteiger partial charge in [0.05, 0.1) is 23.5 Å². The number of rotatable bonds is 7. The molecule has 2 aromatic rings. The molecule has 7 nitrogen and oxygen atoms in total. The van der Waals surface area contributed by atoms with Gasteiger partial charge in [-0.2, -0.15) is 31.3 Å². The van der Waals surface area contributed by atoms with E-state index in [4.69, 9.17) is 9.47 Å². The van der Waals surface area contributed by atoms with E-state index in [1.165, 1.54) is 31.9 Å². The number of thioether (sulfide) groups is 1. The Hall–Kier alpha value is -3.42. The highest BCUT2D eigenvalue weighted by atomic mass is 32.2. The van der Waals surface area contributed by atoms with Crippen molar-refractivity contribution in [2.24, 2.45) is 4.99 Å². The number of hydrogen-bond donors (Lipinski definition) is 0. The van der Waals surface area contributed by atoms with Crippen LogP contribution >= 0.6 is 11.8 Å². The van der Waals surface area contributed by atoms with Gasteiger partial charge >= 0.3 is 12.4 Å². The fourth-order valence-electron chi connectivity index (χ4n) is 4.49. The highest BCUT2D eigenvalue weighted by Gasteiger charge is 2.38. The number of aliphatic imine (C=N–C) groups is 1. The molecular weight excluding hydrogens is 576 g/mol. The average Bonchev–Trinajstić information content (AvgIpc) is 3.30. The summed E-state index contributed by atoms with van der Waals surface area (Å²) in [4.78, 5) is 32.0. The number of nitrogens with zero attached hydrogens (tertiary/aromatic N) is 3. The predicted molar refractivity (Wildman–Crippen MR) is 140 cm³/mol. The summed E-state index contributed by atoms with van der Waals surface area (Å²) < 4.78 is 90.0. The van der Waals surface area contributed by atoms with E-state index in [9.17, 15) is 35.9 Å². The number of halogens is 6. The van der Waals surface area contributed by atoms with Crippen molar-refractivity contribution in [2.75, 3.05) is 33.3 Å². The number of carbonyl (C=O) groups is 2. The van der Waals surface area contributed by atoms with E-state index in [0.717, 1.165) is 11.6 Å². The Kier molecular flexibility index (Phi) is 9.10. The molecule has 1 atom stereocenters. The van der Waals surface area contributed by atoms with E-state index in [1.807, 2.05) is 4.90 Å². The molecule has 0 radical (unpaired) electrons. The summed E-state index contributed by atoms with van der Waals surface area (Å²) in [6.45, 7) is 3.23. The Morgan fingerprint density at radius 2 is 1.71 bits per heavy atom. The summed E-state index contributed by atoms with van der Waals surface area (Å²) in [5, 5.41) is 0.268. The molecule has 1 saturated heterocycles. The van der Waals surface area contributed by atoms with Crippen molar-refractivity contribution in [3.05, 3.63) is 58.7 Å². The molecule has 2 aliphatic heterocycles. The second kappa shape index (κ2) is 12.2. The number of methoxy groups -OCH3 is 1. The van der Waals surface area contributed by atoms with Crippen LogP contribution in [0.3, 0.4) is 0 Å². The van der Waals surface area contributed by atoms with Gasteiger partial charge in [-0.1, -0.05) is 23.9 Å². The smallest absolute Gasteiger partial charge is 0.416 e. The third-order valence-electron chi connectivity index (χ3n) is 6.77. The molecule has 2 heterocycles. The van der Waals surface area contributed by atoms with Crippen molar-refractivity contribution < 1.29 is 45.4 Å². The van der Waals surface area contributed by atoms with Gasteiger partial charge in [-0.3, -0.25) is 9.59 Å². The van der Waals surface area contributed by atoms with Gasteiger partial charge in [-0.05, 0) is 42.7 Å². The Balaban J connectivity index is 1.36. The van der Waals surface area contributed by atoms with Crippen LogP contribution in [0.5, 0.6) is 11.5 Å². The van der Waals surface area contributed by atoms with Crippen molar-refractivity contribution in [1.29, 1.82) is 0 Å². The molecule has 0 bridgehead atoms. The highest BCUT2D eigenvalue weighted by molar-refractivity contribution is 8.15. The second-order valence-corrected chi connectivity index (χ2v) is 10.7. The molecule has 2 amide bonds. The minimum absolute atomic E-state index is 0.0112. The van der Waals surface area contributed by atoms with Crippen molar-refractivity contribution >= 4 is 28.7 Å². The van der Waals surface area contributed by atoms with E-state index < -0.39 is 35.6 Å². The Bertz CT molecular complexity index is 1320. The summed E-state index contributed by atoms with van der Waals surface area (Å²) in [7, 11) is 1.35. The van der Waals surface area contributed by atoms with Gasteiger partial charge in [0, 0.05) is 38.7 Å². The fourth-order valence-corrected chi connectivity index (χ4v) is 5.61. The summed E-state index contributed by atoms with van der Waals surface area (Å²) in [6.07, 6.45) is -8.96. The van der Waals surface area contributed by atoms with Gasteiger partial charge < -0.3 is 19.3 Å². The molecule has 0 N–H and O–H groups in total. The molecule has 1 fully saturated rings. The van der Waals surface area contributed by atoms with Gasteiger partial charge in [-0.15, -0.1) is 0 Å². The molecule has 0 aliphatic carbocycles. The zero-order valence-electron chi connectivity index (χ0n) is 22.1. The van der Waals surface area contributed by atoms with E-state index in [-0.39, 0.29) is 34.6 Å². The van der Waals surface area contributed by atoms with Crippen molar-refractivity contribution in [3.8, 4) is 11.5 Å². The van der Waals surface area contributed by atoms with Crippen LogP contribution in [-0.4, -0.2) is 65.3 Å². The monoisotopic (exact) mass is 603 g/mol. The molecule has 1 unspecified atom stereocenters. The van der Waals surface area contributed by atoms with Crippen LogP contribution in [0.2, 0.25) is 0 Å². The van der Waals surface area contributed by atoms with E-state index in [0.29, 0.717) is 50.3 Å². The van der Waals surface area contributed by atoms with Gasteiger partial charge in [-0.25, -0.2) is 0 Å². The van der Waals surface area contributed by atoms with E-state index >= 15 is 0 Å². The van der Waals surface area contributed by atoms with Crippen LogP contribution in [0, 0.1) is 0 Å². The number of alkyl halides is 6. The van der Waals surface area contributed by atoms with Gasteiger partial charge in [0.2, 0.25) is 5.91 Å². The molecule has 4 rings (SSSR count). The molecule has 0 aromatic heterocycles. The highest BCUT2D eigenvalue weighted by Crippen LogP contribution is 2.38. The van der Waals surface area contributed by atoms with Crippen LogP contribution in [0.1, 0.15) is 35.6 Å². The first-order valence-corrected chi connectivity index (χ1v) is 13.5. The normalized spacial score (nSPS) is 18.0. The number of aryl methyl sites for hydroxylation is 1. The van der Waals surface area contributed by atoms with E-state index in [1.54, 1.807) is 17.0 Å². The molecule has 2 aromatic carbocycles. The van der Waals surface area contributed by atoms with Crippen LogP contribution in [0.4, 0.5) is 26.3 Å². The molecule has 14 heteroatoms. The lowest BCUT2D eigenvalue weighted by atomic mass is 10.0. The first-order chi connectivity index (χ1) is 19.3. The molecule has 2 aliphatic rings. The van der Waals surface area contributed by atoms with Crippen LogP contribution in [0.25, 0.3) is 0 Å². The second-order valence-electron chi connectivity index (χ2n) is 9.51. The fraction of sp³-hybridized carbons (Fsp3) is 0.444. The number of amides is 2. The van der Waals surface area contributed by atoms with Crippen molar-refractivity contribution in [1.82, 2.24) is 9.80 Å². The van der Waals surface area contributed by atoms with Crippen molar-refractivity contribution in [2.45, 2.75) is 44.0 Å². The van der Waals surface area contributed by atoms with Crippen LogP contribution in [0.15, 0.2) is 41.4 Å². The quantitative estimate of drug-likeness (QED) is 0.395. The maximum Gasteiger partial charge on any atom is 0.416 e.